The van der Waals surface area contributed by atoms with E-state index in [1.807, 2.05) is 24.3 Å². The van der Waals surface area contributed by atoms with Crippen molar-refractivity contribution in [3.8, 4) is 5.75 Å². The van der Waals surface area contributed by atoms with E-state index in [1.54, 1.807) is 13.2 Å². The average molecular weight is 316 g/mol. The van der Waals surface area contributed by atoms with Crippen molar-refractivity contribution in [2.24, 2.45) is 0 Å². The standard InChI is InChI=1S/C17H17FN2O3/c1-23-13-8-6-12(7-9-13)10-11-19-16(21)17(22)20-15-5-3-2-4-14(15)18/h2-9H,10-11H2,1H3,(H,19,21)(H,20,22). The Balaban J connectivity index is 1.79. The first-order chi connectivity index (χ1) is 11.1. The highest BCUT2D eigenvalue weighted by Gasteiger charge is 2.14. The predicted molar refractivity (Wildman–Crippen MR) is 84.7 cm³/mol. The summed E-state index contributed by atoms with van der Waals surface area (Å²) in [5, 5.41) is 4.73. The molecule has 0 aliphatic heterocycles. The summed E-state index contributed by atoms with van der Waals surface area (Å²) < 4.78 is 18.4. The summed E-state index contributed by atoms with van der Waals surface area (Å²) in [6.07, 6.45) is 0.572. The second-order valence-electron chi connectivity index (χ2n) is 4.79. The fourth-order valence-corrected chi connectivity index (χ4v) is 1.93. The molecule has 2 aromatic rings. The first-order valence-corrected chi connectivity index (χ1v) is 7.07. The molecule has 0 atom stereocenters. The van der Waals surface area contributed by atoms with E-state index in [0.29, 0.717) is 13.0 Å². The number of amides is 2. The van der Waals surface area contributed by atoms with Crippen LogP contribution >= 0.6 is 0 Å². The predicted octanol–water partition coefficient (Wildman–Crippen LogP) is 2.13. The highest BCUT2D eigenvalue weighted by molar-refractivity contribution is 6.39. The molecule has 0 fully saturated rings. The van der Waals surface area contributed by atoms with Crippen molar-refractivity contribution in [2.75, 3.05) is 19.0 Å². The number of rotatable bonds is 5. The molecule has 2 rings (SSSR count). The van der Waals surface area contributed by atoms with Crippen molar-refractivity contribution in [1.82, 2.24) is 5.32 Å². The molecule has 0 saturated heterocycles. The van der Waals surface area contributed by atoms with Gasteiger partial charge in [-0.25, -0.2) is 4.39 Å². The number of hydrogen-bond acceptors (Lipinski definition) is 3. The molecule has 120 valence electrons. The van der Waals surface area contributed by atoms with Crippen LogP contribution in [-0.2, 0) is 16.0 Å². The van der Waals surface area contributed by atoms with Crippen LogP contribution in [0, 0.1) is 5.82 Å². The lowest BCUT2D eigenvalue weighted by Gasteiger charge is -2.07. The van der Waals surface area contributed by atoms with E-state index in [9.17, 15) is 14.0 Å². The Kier molecular flexibility index (Phi) is 5.68. The molecule has 0 aromatic heterocycles. The van der Waals surface area contributed by atoms with Crippen LogP contribution in [0.5, 0.6) is 5.75 Å². The molecule has 0 saturated carbocycles. The van der Waals surface area contributed by atoms with Gasteiger partial charge in [-0.2, -0.15) is 0 Å². The smallest absolute Gasteiger partial charge is 0.313 e. The summed E-state index contributed by atoms with van der Waals surface area (Å²) in [5.74, 6) is -1.54. The second kappa shape index (κ2) is 7.93. The summed E-state index contributed by atoms with van der Waals surface area (Å²) in [4.78, 5) is 23.4. The Morgan fingerprint density at radius 1 is 1.04 bits per heavy atom. The maximum absolute atomic E-state index is 13.4. The zero-order chi connectivity index (χ0) is 16.7. The molecular formula is C17H17FN2O3. The maximum atomic E-state index is 13.4. The molecule has 6 heteroatoms. The third-order valence-corrected chi connectivity index (χ3v) is 3.19. The molecule has 0 bridgehead atoms. The molecule has 5 nitrogen and oxygen atoms in total. The van der Waals surface area contributed by atoms with Gasteiger partial charge in [0, 0.05) is 6.54 Å². The topological polar surface area (TPSA) is 67.4 Å². The molecule has 2 amide bonds. The molecule has 23 heavy (non-hydrogen) atoms. The normalized spacial score (nSPS) is 10.0. The second-order valence-corrected chi connectivity index (χ2v) is 4.79. The van der Waals surface area contributed by atoms with Crippen molar-refractivity contribution in [3.05, 3.63) is 59.9 Å². The molecule has 0 spiro atoms. The van der Waals surface area contributed by atoms with Crippen LogP contribution in [0.25, 0.3) is 0 Å². The number of anilines is 1. The Bertz CT molecular complexity index is 686. The summed E-state index contributed by atoms with van der Waals surface area (Å²) in [6.45, 7) is 0.301. The van der Waals surface area contributed by atoms with Gasteiger partial charge in [0.25, 0.3) is 0 Å². The largest absolute Gasteiger partial charge is 0.497 e. The van der Waals surface area contributed by atoms with Crippen LogP contribution < -0.4 is 15.4 Å². The van der Waals surface area contributed by atoms with Gasteiger partial charge in [-0.15, -0.1) is 0 Å². The van der Waals surface area contributed by atoms with Gasteiger partial charge in [-0.3, -0.25) is 9.59 Å². The van der Waals surface area contributed by atoms with Gasteiger partial charge < -0.3 is 15.4 Å². The molecule has 2 aromatic carbocycles. The van der Waals surface area contributed by atoms with Gasteiger partial charge >= 0.3 is 11.8 Å². The van der Waals surface area contributed by atoms with Crippen LogP contribution in [0.15, 0.2) is 48.5 Å². The van der Waals surface area contributed by atoms with Crippen LogP contribution in [-0.4, -0.2) is 25.5 Å². The number of nitrogens with one attached hydrogen (secondary N) is 2. The number of hydrogen-bond donors (Lipinski definition) is 2. The van der Waals surface area contributed by atoms with Crippen molar-refractivity contribution in [2.45, 2.75) is 6.42 Å². The summed E-state index contributed by atoms with van der Waals surface area (Å²) in [6, 6.07) is 13.1. The summed E-state index contributed by atoms with van der Waals surface area (Å²) in [5.41, 5.74) is 0.975. The minimum absolute atomic E-state index is 0.0252. The average Bonchev–Trinajstić information content (AvgIpc) is 2.57. The summed E-state index contributed by atoms with van der Waals surface area (Å²) in [7, 11) is 1.59. The Labute approximate surface area is 133 Å². The fourth-order valence-electron chi connectivity index (χ4n) is 1.93. The maximum Gasteiger partial charge on any atom is 0.313 e. The first-order valence-electron chi connectivity index (χ1n) is 7.07. The quantitative estimate of drug-likeness (QED) is 0.831. The van der Waals surface area contributed by atoms with Crippen molar-refractivity contribution in [3.63, 3.8) is 0 Å². The van der Waals surface area contributed by atoms with Gasteiger partial charge in [0.05, 0.1) is 12.8 Å². The van der Waals surface area contributed by atoms with Gasteiger partial charge in [-0.1, -0.05) is 24.3 Å². The number of carbonyl (C=O) groups excluding carboxylic acids is 2. The molecule has 0 aliphatic rings. The lowest BCUT2D eigenvalue weighted by atomic mass is 10.1. The van der Waals surface area contributed by atoms with Crippen LogP contribution in [0.2, 0.25) is 0 Å². The molecular weight excluding hydrogens is 299 g/mol. The zero-order valence-electron chi connectivity index (χ0n) is 12.6. The lowest BCUT2D eigenvalue weighted by molar-refractivity contribution is -0.136. The van der Waals surface area contributed by atoms with Gasteiger partial charge in [0.2, 0.25) is 0 Å². The number of methoxy groups -OCH3 is 1. The van der Waals surface area contributed by atoms with E-state index >= 15 is 0 Å². The van der Waals surface area contributed by atoms with Crippen LogP contribution in [0.4, 0.5) is 10.1 Å². The fraction of sp³-hybridized carbons (Fsp3) is 0.176. The molecule has 0 heterocycles. The minimum Gasteiger partial charge on any atom is -0.497 e. The van der Waals surface area contributed by atoms with Gasteiger partial charge in [-0.05, 0) is 36.2 Å². The van der Waals surface area contributed by atoms with Gasteiger partial charge in [0.1, 0.15) is 11.6 Å². The molecule has 0 radical (unpaired) electrons. The lowest BCUT2D eigenvalue weighted by Crippen LogP contribution is -2.36. The van der Waals surface area contributed by atoms with Crippen molar-refractivity contribution >= 4 is 17.5 Å². The number of ether oxygens (including phenoxy) is 1. The number of carbonyl (C=O) groups is 2. The first kappa shape index (κ1) is 16.5. The third kappa shape index (κ3) is 4.81. The minimum atomic E-state index is -0.898. The van der Waals surface area contributed by atoms with Crippen LogP contribution in [0.1, 0.15) is 5.56 Å². The van der Waals surface area contributed by atoms with E-state index in [1.165, 1.54) is 18.2 Å². The summed E-state index contributed by atoms with van der Waals surface area (Å²) >= 11 is 0. The Morgan fingerprint density at radius 3 is 2.39 bits per heavy atom. The SMILES string of the molecule is COc1ccc(CCNC(=O)C(=O)Nc2ccccc2F)cc1. The van der Waals surface area contributed by atoms with Crippen molar-refractivity contribution < 1.29 is 18.7 Å². The van der Waals surface area contributed by atoms with E-state index < -0.39 is 17.6 Å². The Morgan fingerprint density at radius 2 is 1.74 bits per heavy atom. The number of para-hydroxylation sites is 1. The van der Waals surface area contributed by atoms with E-state index in [4.69, 9.17) is 4.74 Å². The highest BCUT2D eigenvalue weighted by atomic mass is 19.1. The van der Waals surface area contributed by atoms with E-state index in [2.05, 4.69) is 10.6 Å². The molecule has 2 N–H and O–H groups in total. The van der Waals surface area contributed by atoms with Gasteiger partial charge in [0.15, 0.2) is 0 Å². The zero-order valence-corrected chi connectivity index (χ0v) is 12.6. The monoisotopic (exact) mass is 316 g/mol. The van der Waals surface area contributed by atoms with E-state index in [-0.39, 0.29) is 5.69 Å². The molecule has 0 aliphatic carbocycles. The number of benzene rings is 2. The third-order valence-electron chi connectivity index (χ3n) is 3.19. The Hall–Kier alpha value is -2.89. The highest BCUT2D eigenvalue weighted by Crippen LogP contribution is 2.12. The van der Waals surface area contributed by atoms with E-state index in [0.717, 1.165) is 11.3 Å². The van der Waals surface area contributed by atoms with Crippen LogP contribution in [0.3, 0.4) is 0 Å². The number of halogens is 1. The van der Waals surface area contributed by atoms with Crippen molar-refractivity contribution in [1.29, 1.82) is 0 Å². The molecule has 0 unspecified atom stereocenters.